The number of carbonyl (C=O) groups excluding carboxylic acids is 1. The highest BCUT2D eigenvalue weighted by molar-refractivity contribution is 7.95. The predicted octanol–water partition coefficient (Wildman–Crippen LogP) is 1.15. The molecule has 0 aliphatic carbocycles. The second kappa shape index (κ2) is 2.75. The molecule has 72 valence electrons. The zero-order valence-electron chi connectivity index (χ0n) is 6.90. The molecule has 0 saturated carbocycles. The first-order chi connectivity index (χ1) is 6.56. The highest BCUT2D eigenvalue weighted by atomic mass is 32.2. The van der Waals surface area contributed by atoms with Crippen LogP contribution in [0.5, 0.6) is 0 Å². The van der Waals surface area contributed by atoms with Gasteiger partial charge in [-0.05, 0) is 6.07 Å². The van der Waals surface area contributed by atoms with E-state index in [1.807, 2.05) is 0 Å². The van der Waals surface area contributed by atoms with Gasteiger partial charge in [-0.15, -0.1) is 0 Å². The van der Waals surface area contributed by atoms with E-state index in [0.29, 0.717) is 6.29 Å². The maximum atomic E-state index is 13.2. The Labute approximate surface area is 79.8 Å². The number of sulfone groups is 1. The molecular formula is C9H5FO3S. The zero-order valence-corrected chi connectivity index (χ0v) is 7.71. The van der Waals surface area contributed by atoms with Crippen molar-refractivity contribution in [2.45, 2.75) is 4.90 Å². The van der Waals surface area contributed by atoms with Crippen molar-refractivity contribution < 1.29 is 17.6 Å². The Morgan fingerprint density at radius 2 is 2.00 bits per heavy atom. The molecule has 14 heavy (non-hydrogen) atoms. The van der Waals surface area contributed by atoms with Crippen LogP contribution in [0.4, 0.5) is 4.39 Å². The molecule has 0 atom stereocenters. The standard InChI is InChI=1S/C9H5FO3S/c10-8-3-1-2-7-6(4-11)5-14(12,13)9(7)8/h1-5H. The number of carbonyl (C=O) groups is 1. The number of fused-ring (bicyclic) bond motifs is 1. The second-order valence-electron chi connectivity index (χ2n) is 2.85. The second-order valence-corrected chi connectivity index (χ2v) is 4.59. The summed E-state index contributed by atoms with van der Waals surface area (Å²) in [6, 6.07) is 3.83. The van der Waals surface area contributed by atoms with Crippen molar-refractivity contribution in [3.8, 4) is 0 Å². The Morgan fingerprint density at radius 1 is 1.29 bits per heavy atom. The molecule has 2 rings (SSSR count). The Morgan fingerprint density at radius 3 is 2.64 bits per heavy atom. The molecule has 3 nitrogen and oxygen atoms in total. The van der Waals surface area contributed by atoms with Gasteiger partial charge in [-0.1, -0.05) is 12.1 Å². The summed E-state index contributed by atoms with van der Waals surface area (Å²) in [6.45, 7) is 0. The van der Waals surface area contributed by atoms with Crippen LogP contribution in [0.15, 0.2) is 28.5 Å². The van der Waals surface area contributed by atoms with E-state index in [4.69, 9.17) is 0 Å². The van der Waals surface area contributed by atoms with Crippen LogP contribution < -0.4 is 0 Å². The van der Waals surface area contributed by atoms with Gasteiger partial charge in [0.25, 0.3) is 0 Å². The smallest absolute Gasteiger partial charge is 0.204 e. The summed E-state index contributed by atoms with van der Waals surface area (Å²) in [5.41, 5.74) is 0.138. The topological polar surface area (TPSA) is 51.2 Å². The van der Waals surface area contributed by atoms with Crippen molar-refractivity contribution in [2.75, 3.05) is 0 Å². The summed E-state index contributed by atoms with van der Waals surface area (Å²) in [7, 11) is -3.77. The summed E-state index contributed by atoms with van der Waals surface area (Å²) < 4.78 is 35.9. The minimum Gasteiger partial charge on any atom is -0.298 e. The lowest BCUT2D eigenvalue weighted by molar-refractivity contribution is -0.103. The van der Waals surface area contributed by atoms with Crippen LogP contribution in [0.3, 0.4) is 0 Å². The molecule has 0 spiro atoms. The Hall–Kier alpha value is -1.49. The van der Waals surface area contributed by atoms with Crippen molar-refractivity contribution in [1.29, 1.82) is 0 Å². The molecule has 0 saturated heterocycles. The average Bonchev–Trinajstić information content (AvgIpc) is 2.39. The zero-order chi connectivity index (χ0) is 10.3. The predicted molar refractivity (Wildman–Crippen MR) is 47.6 cm³/mol. The van der Waals surface area contributed by atoms with Crippen LogP contribution in [-0.4, -0.2) is 14.7 Å². The van der Waals surface area contributed by atoms with Gasteiger partial charge >= 0.3 is 0 Å². The van der Waals surface area contributed by atoms with E-state index in [1.54, 1.807) is 0 Å². The summed E-state index contributed by atoms with van der Waals surface area (Å²) in [6.07, 6.45) is 0.406. The van der Waals surface area contributed by atoms with Crippen molar-refractivity contribution in [2.24, 2.45) is 0 Å². The minimum absolute atomic E-state index is 0.000463. The van der Waals surface area contributed by atoms with E-state index in [0.717, 1.165) is 11.5 Å². The lowest BCUT2D eigenvalue weighted by atomic mass is 10.1. The van der Waals surface area contributed by atoms with Gasteiger partial charge in [0.1, 0.15) is 10.7 Å². The molecule has 0 N–H and O–H groups in total. The quantitative estimate of drug-likeness (QED) is 0.656. The van der Waals surface area contributed by atoms with Crippen molar-refractivity contribution in [3.05, 3.63) is 35.0 Å². The molecular weight excluding hydrogens is 207 g/mol. The molecule has 0 amide bonds. The first kappa shape index (κ1) is 9.08. The van der Waals surface area contributed by atoms with Crippen LogP contribution in [0.25, 0.3) is 5.57 Å². The van der Waals surface area contributed by atoms with Crippen LogP contribution >= 0.6 is 0 Å². The highest BCUT2D eigenvalue weighted by Gasteiger charge is 2.29. The lowest BCUT2D eigenvalue weighted by Crippen LogP contribution is -1.97. The molecule has 1 aromatic rings. The number of rotatable bonds is 1. The van der Waals surface area contributed by atoms with E-state index < -0.39 is 20.5 Å². The number of aldehydes is 1. The minimum atomic E-state index is -3.77. The van der Waals surface area contributed by atoms with Gasteiger partial charge in [-0.25, -0.2) is 12.8 Å². The van der Waals surface area contributed by atoms with Crippen LogP contribution in [0, 0.1) is 5.82 Å². The molecule has 1 heterocycles. The van der Waals surface area contributed by atoms with Gasteiger partial charge < -0.3 is 0 Å². The normalized spacial score (nSPS) is 17.4. The number of halogens is 1. The highest BCUT2D eigenvalue weighted by Crippen LogP contribution is 2.33. The number of hydrogen-bond acceptors (Lipinski definition) is 3. The van der Waals surface area contributed by atoms with E-state index >= 15 is 0 Å². The molecule has 1 aromatic carbocycles. The molecule has 5 heteroatoms. The SMILES string of the molecule is O=CC1=CS(=O)(=O)c2c(F)cccc21. The molecule has 0 radical (unpaired) electrons. The first-order valence-corrected chi connectivity index (χ1v) is 5.32. The monoisotopic (exact) mass is 212 g/mol. The van der Waals surface area contributed by atoms with Crippen LogP contribution in [0.2, 0.25) is 0 Å². The summed E-state index contributed by atoms with van der Waals surface area (Å²) in [5, 5.41) is 0.785. The third kappa shape index (κ3) is 1.09. The lowest BCUT2D eigenvalue weighted by Gasteiger charge is -1.99. The maximum absolute atomic E-state index is 13.2. The fraction of sp³-hybridized carbons (Fsp3) is 0. The third-order valence-electron chi connectivity index (χ3n) is 1.97. The molecule has 0 fully saturated rings. The average molecular weight is 212 g/mol. The Kier molecular flexibility index (Phi) is 1.78. The summed E-state index contributed by atoms with van der Waals surface area (Å²) in [5.74, 6) is -0.824. The van der Waals surface area contributed by atoms with Gasteiger partial charge in [0, 0.05) is 16.5 Å². The molecule has 0 bridgehead atoms. The van der Waals surface area contributed by atoms with E-state index in [2.05, 4.69) is 0 Å². The van der Waals surface area contributed by atoms with Crippen LogP contribution in [0.1, 0.15) is 5.56 Å². The molecule has 0 aromatic heterocycles. The number of hydrogen-bond donors (Lipinski definition) is 0. The summed E-state index contributed by atoms with van der Waals surface area (Å²) >= 11 is 0. The van der Waals surface area contributed by atoms with E-state index in [1.165, 1.54) is 12.1 Å². The Balaban J connectivity index is 2.88. The number of allylic oxidation sites excluding steroid dienone is 1. The molecule has 0 unspecified atom stereocenters. The Bertz CT molecular complexity index is 543. The van der Waals surface area contributed by atoms with Gasteiger partial charge in [-0.3, -0.25) is 4.79 Å². The van der Waals surface area contributed by atoms with Crippen molar-refractivity contribution in [3.63, 3.8) is 0 Å². The van der Waals surface area contributed by atoms with E-state index in [-0.39, 0.29) is 11.1 Å². The fourth-order valence-corrected chi connectivity index (χ4v) is 2.87. The van der Waals surface area contributed by atoms with Gasteiger partial charge in [-0.2, -0.15) is 0 Å². The van der Waals surface area contributed by atoms with E-state index in [9.17, 15) is 17.6 Å². The fourth-order valence-electron chi connectivity index (χ4n) is 1.41. The van der Waals surface area contributed by atoms with Crippen molar-refractivity contribution >= 4 is 21.7 Å². The van der Waals surface area contributed by atoms with Gasteiger partial charge in [0.2, 0.25) is 9.84 Å². The first-order valence-electron chi connectivity index (χ1n) is 3.77. The van der Waals surface area contributed by atoms with Gasteiger partial charge in [0.05, 0.1) is 0 Å². The molecule has 1 aliphatic heterocycles. The number of benzene rings is 1. The third-order valence-corrected chi connectivity index (χ3v) is 3.52. The maximum Gasteiger partial charge on any atom is 0.204 e. The summed E-state index contributed by atoms with van der Waals surface area (Å²) in [4.78, 5) is 10.1. The largest absolute Gasteiger partial charge is 0.298 e. The van der Waals surface area contributed by atoms with Crippen LogP contribution in [-0.2, 0) is 14.6 Å². The molecule has 1 aliphatic rings. The van der Waals surface area contributed by atoms with Gasteiger partial charge in [0.15, 0.2) is 6.29 Å². The van der Waals surface area contributed by atoms with Crippen molar-refractivity contribution in [1.82, 2.24) is 0 Å².